The Bertz CT molecular complexity index is 920. The van der Waals surface area contributed by atoms with Gasteiger partial charge in [0.25, 0.3) is 5.91 Å². The van der Waals surface area contributed by atoms with Crippen LogP contribution in [0.3, 0.4) is 0 Å². The van der Waals surface area contributed by atoms with Crippen molar-refractivity contribution in [2.24, 2.45) is 0 Å². The number of aromatic nitrogens is 1. The molecule has 2 aromatic carbocycles. The first-order valence-corrected chi connectivity index (χ1v) is 8.44. The number of hydrogen-bond acceptors (Lipinski definition) is 6. The predicted molar refractivity (Wildman–Crippen MR) is 99.6 cm³/mol. The lowest BCUT2D eigenvalue weighted by atomic mass is 10.2. The van der Waals surface area contributed by atoms with E-state index in [1.165, 1.54) is 18.4 Å². The molecule has 0 saturated heterocycles. The summed E-state index contributed by atoms with van der Waals surface area (Å²) in [6, 6.07) is 13.1. The minimum Gasteiger partial charge on any atom is -0.508 e. The van der Waals surface area contributed by atoms with E-state index in [2.05, 4.69) is 20.4 Å². The highest BCUT2D eigenvalue weighted by atomic mass is 32.1. The predicted octanol–water partition coefficient (Wildman–Crippen LogP) is 3.95. The van der Waals surface area contributed by atoms with Crippen molar-refractivity contribution in [3.05, 3.63) is 59.5 Å². The van der Waals surface area contributed by atoms with E-state index in [1.807, 2.05) is 5.38 Å². The number of anilines is 2. The Balaban J connectivity index is 1.66. The molecule has 0 unspecified atom stereocenters. The fourth-order valence-electron chi connectivity index (χ4n) is 2.14. The van der Waals surface area contributed by atoms with Crippen molar-refractivity contribution >= 4 is 34.2 Å². The van der Waals surface area contributed by atoms with E-state index in [9.17, 15) is 14.7 Å². The molecule has 3 rings (SSSR count). The number of amides is 2. The zero-order chi connectivity index (χ0) is 18.5. The van der Waals surface area contributed by atoms with Crippen LogP contribution in [0.5, 0.6) is 5.75 Å². The minimum atomic E-state index is -0.577. The summed E-state index contributed by atoms with van der Waals surface area (Å²) in [4.78, 5) is 27.8. The number of carbonyl (C=O) groups excluding carboxylic acids is 2. The van der Waals surface area contributed by atoms with Crippen LogP contribution < -0.4 is 10.6 Å². The largest absolute Gasteiger partial charge is 0.508 e. The van der Waals surface area contributed by atoms with Gasteiger partial charge in [-0.1, -0.05) is 0 Å². The van der Waals surface area contributed by atoms with Gasteiger partial charge in [0.05, 0.1) is 12.8 Å². The number of benzene rings is 2. The zero-order valence-electron chi connectivity index (χ0n) is 13.7. The zero-order valence-corrected chi connectivity index (χ0v) is 14.5. The van der Waals surface area contributed by atoms with Crippen molar-refractivity contribution in [3.63, 3.8) is 0 Å². The van der Waals surface area contributed by atoms with Crippen LogP contribution in [0.2, 0.25) is 0 Å². The number of thiazole rings is 1. The molecule has 1 heterocycles. The maximum absolute atomic E-state index is 12.3. The molecular formula is C18H15N3O4S. The van der Waals surface area contributed by atoms with Gasteiger partial charge >= 0.3 is 6.09 Å². The first-order valence-electron chi connectivity index (χ1n) is 7.56. The quantitative estimate of drug-likeness (QED) is 0.646. The van der Waals surface area contributed by atoms with E-state index in [0.717, 1.165) is 5.56 Å². The maximum atomic E-state index is 12.3. The van der Waals surface area contributed by atoms with Crippen molar-refractivity contribution < 1.29 is 19.4 Å². The summed E-state index contributed by atoms with van der Waals surface area (Å²) >= 11 is 1.31. The summed E-state index contributed by atoms with van der Waals surface area (Å²) in [7, 11) is 1.28. The Morgan fingerprint density at radius 1 is 1.04 bits per heavy atom. The number of rotatable bonds is 4. The lowest BCUT2D eigenvalue weighted by molar-refractivity contribution is 0.102. The van der Waals surface area contributed by atoms with Crippen molar-refractivity contribution in [1.29, 1.82) is 0 Å². The summed E-state index contributed by atoms with van der Waals surface area (Å²) in [5.74, 6) is -0.121. The average Bonchev–Trinajstić information content (AvgIpc) is 3.11. The molecule has 132 valence electrons. The topological polar surface area (TPSA) is 101 Å². The second-order valence-corrected chi connectivity index (χ2v) is 6.09. The molecule has 26 heavy (non-hydrogen) atoms. The summed E-state index contributed by atoms with van der Waals surface area (Å²) in [5, 5.41) is 16.9. The van der Waals surface area contributed by atoms with Gasteiger partial charge < -0.3 is 9.84 Å². The first kappa shape index (κ1) is 17.4. The van der Waals surface area contributed by atoms with Gasteiger partial charge in [0, 0.05) is 22.2 Å². The minimum absolute atomic E-state index is 0.183. The average molecular weight is 369 g/mol. The molecule has 3 N–H and O–H groups in total. The van der Waals surface area contributed by atoms with Crippen LogP contribution in [0.15, 0.2) is 53.9 Å². The standard InChI is InChI=1S/C18H15N3O4S/c1-25-18(24)19-13-6-2-12(3-7-13)16(23)21-17-20-15(10-26-17)11-4-8-14(22)9-5-11/h2-10,22H,1H3,(H,19,24)(H,20,21,23). The summed E-state index contributed by atoms with van der Waals surface area (Å²) in [6.45, 7) is 0. The molecule has 0 bridgehead atoms. The number of nitrogens with zero attached hydrogens (tertiary/aromatic N) is 1. The summed E-state index contributed by atoms with van der Waals surface area (Å²) < 4.78 is 4.51. The summed E-state index contributed by atoms with van der Waals surface area (Å²) in [5.41, 5.74) is 2.51. The number of ether oxygens (including phenoxy) is 1. The molecule has 7 nitrogen and oxygen atoms in total. The molecule has 8 heteroatoms. The van der Waals surface area contributed by atoms with Crippen molar-refractivity contribution in [2.75, 3.05) is 17.7 Å². The third-order valence-corrected chi connectivity index (χ3v) is 4.22. The maximum Gasteiger partial charge on any atom is 0.411 e. The molecule has 0 aliphatic rings. The molecule has 0 radical (unpaired) electrons. The number of aromatic hydroxyl groups is 1. The van der Waals surface area contributed by atoms with Crippen molar-refractivity contribution in [3.8, 4) is 17.0 Å². The lowest BCUT2D eigenvalue weighted by Gasteiger charge is -2.05. The third-order valence-electron chi connectivity index (χ3n) is 3.47. The van der Waals surface area contributed by atoms with E-state index >= 15 is 0 Å². The fraction of sp³-hybridized carbons (Fsp3) is 0.0556. The SMILES string of the molecule is COC(=O)Nc1ccc(C(=O)Nc2nc(-c3ccc(O)cc3)cs2)cc1. The molecule has 0 atom stereocenters. The molecule has 1 aromatic heterocycles. The Kier molecular flexibility index (Phi) is 5.14. The van der Waals surface area contributed by atoms with Crippen LogP contribution in [0.1, 0.15) is 10.4 Å². The van der Waals surface area contributed by atoms with E-state index in [1.54, 1.807) is 48.5 Å². The van der Waals surface area contributed by atoms with Crippen LogP contribution in [-0.2, 0) is 4.74 Å². The van der Waals surface area contributed by atoms with Crippen LogP contribution in [0, 0.1) is 0 Å². The molecule has 3 aromatic rings. The normalized spacial score (nSPS) is 10.2. The molecule has 0 spiro atoms. The highest BCUT2D eigenvalue weighted by Gasteiger charge is 2.10. The number of phenolic OH excluding ortho intramolecular Hbond substituents is 1. The Labute approximate surface area is 153 Å². The van der Waals surface area contributed by atoms with E-state index in [4.69, 9.17) is 0 Å². The Hall–Kier alpha value is -3.39. The lowest BCUT2D eigenvalue weighted by Crippen LogP contribution is -2.13. The summed E-state index contributed by atoms with van der Waals surface area (Å²) in [6.07, 6.45) is -0.577. The van der Waals surface area contributed by atoms with E-state index in [0.29, 0.717) is 22.1 Å². The molecule has 0 saturated carbocycles. The van der Waals surface area contributed by atoms with Gasteiger partial charge in [-0.2, -0.15) is 0 Å². The number of hydrogen-bond donors (Lipinski definition) is 3. The molecule has 0 aliphatic carbocycles. The highest BCUT2D eigenvalue weighted by Crippen LogP contribution is 2.26. The van der Waals surface area contributed by atoms with Gasteiger partial charge in [-0.3, -0.25) is 15.4 Å². The first-order chi connectivity index (χ1) is 12.5. The van der Waals surface area contributed by atoms with E-state index in [-0.39, 0.29) is 11.7 Å². The van der Waals surface area contributed by atoms with Crippen LogP contribution in [0.4, 0.5) is 15.6 Å². The third kappa shape index (κ3) is 4.17. The van der Waals surface area contributed by atoms with Crippen molar-refractivity contribution in [2.45, 2.75) is 0 Å². The van der Waals surface area contributed by atoms with Gasteiger partial charge in [0.1, 0.15) is 5.75 Å². The van der Waals surface area contributed by atoms with Gasteiger partial charge in [-0.05, 0) is 48.5 Å². The number of carbonyl (C=O) groups is 2. The number of methoxy groups -OCH3 is 1. The monoisotopic (exact) mass is 369 g/mol. The molecule has 2 amide bonds. The second-order valence-electron chi connectivity index (χ2n) is 5.23. The van der Waals surface area contributed by atoms with Gasteiger partial charge in [-0.15, -0.1) is 11.3 Å². The van der Waals surface area contributed by atoms with Gasteiger partial charge in [-0.25, -0.2) is 9.78 Å². The Morgan fingerprint density at radius 3 is 2.38 bits per heavy atom. The van der Waals surface area contributed by atoms with Crippen molar-refractivity contribution in [1.82, 2.24) is 4.98 Å². The molecular weight excluding hydrogens is 354 g/mol. The smallest absolute Gasteiger partial charge is 0.411 e. The number of phenols is 1. The van der Waals surface area contributed by atoms with Crippen LogP contribution in [-0.4, -0.2) is 29.2 Å². The molecule has 0 fully saturated rings. The second kappa shape index (κ2) is 7.66. The van der Waals surface area contributed by atoms with Gasteiger partial charge in [0.15, 0.2) is 5.13 Å². The Morgan fingerprint density at radius 2 is 1.73 bits per heavy atom. The fourth-order valence-corrected chi connectivity index (χ4v) is 2.85. The highest BCUT2D eigenvalue weighted by molar-refractivity contribution is 7.14. The number of nitrogens with one attached hydrogen (secondary N) is 2. The molecule has 0 aliphatic heterocycles. The van der Waals surface area contributed by atoms with Gasteiger partial charge in [0.2, 0.25) is 0 Å². The van der Waals surface area contributed by atoms with Crippen LogP contribution >= 0.6 is 11.3 Å². The van der Waals surface area contributed by atoms with E-state index < -0.39 is 6.09 Å². The van der Waals surface area contributed by atoms with Crippen LogP contribution in [0.25, 0.3) is 11.3 Å².